The number of nitrogens with one attached hydrogen (secondary N) is 1. The number of aromatic nitrogens is 2. The van der Waals surface area contributed by atoms with Crippen molar-refractivity contribution in [1.29, 1.82) is 0 Å². The van der Waals surface area contributed by atoms with Crippen molar-refractivity contribution in [3.8, 4) is 0 Å². The second kappa shape index (κ2) is 10.5. The van der Waals surface area contributed by atoms with Gasteiger partial charge in [0, 0.05) is 13.2 Å². The van der Waals surface area contributed by atoms with Gasteiger partial charge in [-0.05, 0) is 32.1 Å². The highest BCUT2D eigenvalue weighted by atomic mass is 31.2. The first-order valence-corrected chi connectivity index (χ1v) is 11.2. The maximum absolute atomic E-state index is 13.2. The quantitative estimate of drug-likeness (QED) is 0.315. The summed E-state index contributed by atoms with van der Waals surface area (Å²) < 4.78 is 37.0. The molecule has 29 heavy (non-hydrogen) atoms. The Morgan fingerprint density at radius 2 is 1.86 bits per heavy atom. The number of H-pyrrole nitrogens is 1. The highest BCUT2D eigenvalue weighted by molar-refractivity contribution is 7.53. The van der Waals surface area contributed by atoms with Gasteiger partial charge >= 0.3 is 13.3 Å². The van der Waals surface area contributed by atoms with Crippen molar-refractivity contribution < 1.29 is 23.1 Å². The number of rotatable bonds is 11. The first kappa shape index (κ1) is 25.5. The van der Waals surface area contributed by atoms with E-state index in [1.807, 2.05) is 18.8 Å². The Labute approximate surface area is 170 Å². The maximum atomic E-state index is 13.2. The molecule has 0 saturated heterocycles. The molecule has 0 saturated carbocycles. The van der Waals surface area contributed by atoms with Gasteiger partial charge in [0.1, 0.15) is 0 Å². The molecule has 1 aromatic rings. The summed E-state index contributed by atoms with van der Waals surface area (Å²) in [6.45, 7) is 10.9. The summed E-state index contributed by atoms with van der Waals surface area (Å²) in [6.07, 6.45) is 4.69. The van der Waals surface area contributed by atoms with Crippen LogP contribution in [0.4, 0.5) is 4.39 Å². The summed E-state index contributed by atoms with van der Waals surface area (Å²) in [5.74, 6) is -1.08. The Hall–Kier alpha value is -1.54. The monoisotopic (exact) mass is 434 g/mol. The van der Waals surface area contributed by atoms with Crippen LogP contribution in [0.5, 0.6) is 0 Å². The lowest BCUT2D eigenvalue weighted by atomic mass is 9.84. The molecule has 2 N–H and O–H groups in total. The highest BCUT2D eigenvalue weighted by Crippen LogP contribution is 2.41. The smallest absolute Gasteiger partial charge is 0.331 e. The van der Waals surface area contributed by atoms with Gasteiger partial charge in [-0.3, -0.25) is 18.9 Å². The molecule has 0 aliphatic rings. The Kier molecular flexibility index (Phi) is 9.21. The van der Waals surface area contributed by atoms with Gasteiger partial charge in [-0.1, -0.05) is 32.9 Å². The molecule has 0 spiro atoms. The fourth-order valence-corrected chi connectivity index (χ4v) is 3.94. The fraction of sp³-hybridized carbons (Fsp3) is 0.684. The summed E-state index contributed by atoms with van der Waals surface area (Å²) in [7, 11) is -3.82. The molecule has 0 amide bonds. The van der Waals surface area contributed by atoms with Crippen LogP contribution in [0.1, 0.15) is 47.5 Å². The van der Waals surface area contributed by atoms with Crippen LogP contribution in [0.2, 0.25) is 0 Å². The maximum Gasteiger partial charge on any atom is 0.331 e. The molecular formula is C19H32FN2O6P. The molecule has 0 aliphatic heterocycles. The van der Waals surface area contributed by atoms with Gasteiger partial charge < -0.3 is 14.2 Å². The van der Waals surface area contributed by atoms with Crippen molar-refractivity contribution in [3.05, 3.63) is 45.0 Å². The van der Waals surface area contributed by atoms with E-state index >= 15 is 0 Å². The standard InChI is InChI=1S/C19H32FN2O6P/c1-18(2,3)14-19(4,5)27-10-8-11-28-29(25,26)12-7-6-9-22-13-15(20)16(23)21-17(22)24/h6-7,13H,8-12,14H2,1-5H3,(H,25,26)(H,21,23,24). The predicted octanol–water partition coefficient (Wildman–Crippen LogP) is 3.06. The van der Waals surface area contributed by atoms with Crippen molar-refractivity contribution in [2.45, 2.75) is 59.6 Å². The topological polar surface area (TPSA) is 111 Å². The SMILES string of the molecule is CC(C)(C)CC(C)(C)OCCCOP(=O)(O)CC=CCn1cc(F)c(=O)[nH]c1=O. The minimum Gasteiger partial charge on any atom is -0.375 e. The largest absolute Gasteiger partial charge is 0.375 e. The molecule has 166 valence electrons. The molecule has 8 nitrogen and oxygen atoms in total. The number of halogens is 1. The Balaban J connectivity index is 2.36. The summed E-state index contributed by atoms with van der Waals surface area (Å²) in [5.41, 5.74) is -2.00. The molecular weight excluding hydrogens is 402 g/mol. The Bertz CT molecular complexity index is 853. The molecule has 0 bridgehead atoms. The first-order chi connectivity index (χ1) is 13.2. The number of aromatic amines is 1. The van der Waals surface area contributed by atoms with Crippen LogP contribution in [0, 0.1) is 11.2 Å². The Morgan fingerprint density at radius 1 is 1.21 bits per heavy atom. The van der Waals surface area contributed by atoms with E-state index in [4.69, 9.17) is 9.26 Å². The van der Waals surface area contributed by atoms with E-state index in [1.54, 1.807) is 0 Å². The van der Waals surface area contributed by atoms with Crippen molar-refractivity contribution in [3.63, 3.8) is 0 Å². The number of nitrogens with zero attached hydrogens (tertiary/aromatic N) is 1. The van der Waals surface area contributed by atoms with Gasteiger partial charge in [0.05, 0.1) is 24.6 Å². The summed E-state index contributed by atoms with van der Waals surface area (Å²) >= 11 is 0. The van der Waals surface area contributed by atoms with Crippen LogP contribution >= 0.6 is 7.60 Å². The van der Waals surface area contributed by atoms with Gasteiger partial charge in [0.25, 0.3) is 5.56 Å². The van der Waals surface area contributed by atoms with Gasteiger partial charge in [0.2, 0.25) is 5.82 Å². The van der Waals surface area contributed by atoms with Crippen LogP contribution in [-0.2, 0) is 20.4 Å². The zero-order valence-corrected chi connectivity index (χ0v) is 18.6. The molecule has 0 aliphatic carbocycles. The fourth-order valence-electron chi connectivity index (χ4n) is 3.01. The van der Waals surface area contributed by atoms with Crippen LogP contribution in [0.25, 0.3) is 0 Å². The number of hydrogen-bond acceptors (Lipinski definition) is 5. The molecule has 10 heteroatoms. The second-order valence-corrected chi connectivity index (χ2v) is 10.6. The molecule has 1 atom stereocenters. The van der Waals surface area contributed by atoms with E-state index in [2.05, 4.69) is 20.8 Å². The van der Waals surface area contributed by atoms with Crippen LogP contribution in [-0.4, -0.2) is 39.4 Å². The number of hydrogen-bond donors (Lipinski definition) is 2. The van der Waals surface area contributed by atoms with Crippen LogP contribution in [0.15, 0.2) is 27.9 Å². The van der Waals surface area contributed by atoms with E-state index in [0.717, 1.165) is 17.2 Å². The van der Waals surface area contributed by atoms with Gasteiger partial charge in [0.15, 0.2) is 0 Å². The van der Waals surface area contributed by atoms with Crippen molar-refractivity contribution in [1.82, 2.24) is 9.55 Å². The van der Waals surface area contributed by atoms with E-state index in [0.29, 0.717) is 13.0 Å². The lowest BCUT2D eigenvalue weighted by Gasteiger charge is -2.32. The third-order valence-corrected chi connectivity index (χ3v) is 5.06. The van der Waals surface area contributed by atoms with E-state index < -0.39 is 24.7 Å². The average Bonchev–Trinajstić information content (AvgIpc) is 2.53. The average molecular weight is 434 g/mol. The van der Waals surface area contributed by atoms with Crippen LogP contribution in [0.3, 0.4) is 0 Å². The first-order valence-electron chi connectivity index (χ1n) is 9.45. The van der Waals surface area contributed by atoms with Crippen molar-refractivity contribution in [2.75, 3.05) is 19.4 Å². The molecule has 0 fully saturated rings. The summed E-state index contributed by atoms with van der Waals surface area (Å²) in [5, 5.41) is 0. The Morgan fingerprint density at radius 3 is 2.48 bits per heavy atom. The van der Waals surface area contributed by atoms with Crippen molar-refractivity contribution >= 4 is 7.60 Å². The van der Waals surface area contributed by atoms with Gasteiger partial charge in [-0.2, -0.15) is 4.39 Å². The molecule has 1 rings (SSSR count). The third-order valence-electron chi connectivity index (χ3n) is 3.80. The zero-order chi connectivity index (χ0) is 22.3. The molecule has 1 heterocycles. The minimum absolute atomic E-state index is 0.0523. The lowest BCUT2D eigenvalue weighted by Crippen LogP contribution is -2.31. The summed E-state index contributed by atoms with van der Waals surface area (Å²) in [6, 6.07) is 0. The molecule has 0 aromatic carbocycles. The summed E-state index contributed by atoms with van der Waals surface area (Å²) in [4.78, 5) is 34.1. The van der Waals surface area contributed by atoms with E-state index in [1.165, 1.54) is 12.2 Å². The molecule has 0 radical (unpaired) electrons. The highest BCUT2D eigenvalue weighted by Gasteiger charge is 2.26. The van der Waals surface area contributed by atoms with Crippen molar-refractivity contribution in [2.24, 2.45) is 5.41 Å². The number of allylic oxidation sites excluding steroid dienone is 2. The minimum atomic E-state index is -3.82. The zero-order valence-electron chi connectivity index (χ0n) is 17.7. The second-order valence-electron chi connectivity index (χ2n) is 8.71. The predicted molar refractivity (Wildman–Crippen MR) is 110 cm³/mol. The van der Waals surface area contributed by atoms with E-state index in [-0.39, 0.29) is 30.3 Å². The molecule has 1 unspecified atom stereocenters. The third kappa shape index (κ3) is 10.7. The van der Waals surface area contributed by atoms with Gasteiger partial charge in [-0.25, -0.2) is 4.79 Å². The van der Waals surface area contributed by atoms with Crippen LogP contribution < -0.4 is 11.2 Å². The van der Waals surface area contributed by atoms with E-state index in [9.17, 15) is 23.4 Å². The van der Waals surface area contributed by atoms with Gasteiger partial charge in [-0.15, -0.1) is 0 Å². The lowest BCUT2D eigenvalue weighted by molar-refractivity contribution is -0.0465. The molecule has 1 aromatic heterocycles. The number of ether oxygens (including phenoxy) is 1. The normalized spacial score (nSPS) is 15.0.